The molecule has 1 aliphatic heterocycles. The summed E-state index contributed by atoms with van der Waals surface area (Å²) < 4.78 is 5.60. The van der Waals surface area contributed by atoms with Crippen molar-refractivity contribution in [3.05, 3.63) is 58.4 Å². The number of halogens is 1. The number of aromatic nitrogens is 1. The molecule has 0 spiro atoms. The molecule has 0 saturated heterocycles. The van der Waals surface area contributed by atoms with E-state index in [1.807, 2.05) is 12.1 Å². The van der Waals surface area contributed by atoms with E-state index < -0.39 is 0 Å². The first-order chi connectivity index (χ1) is 9.74. The fourth-order valence-corrected chi connectivity index (χ4v) is 2.52. The van der Waals surface area contributed by atoms with Crippen LogP contribution in [0.4, 0.5) is 0 Å². The predicted octanol–water partition coefficient (Wildman–Crippen LogP) is 2.60. The molecule has 2 aromatic rings. The molecule has 0 aliphatic carbocycles. The van der Waals surface area contributed by atoms with E-state index in [9.17, 15) is 4.79 Å². The molecule has 1 N–H and O–H groups in total. The molecule has 102 valence electrons. The molecule has 1 aliphatic rings. The number of fused-ring (bicyclic) bond motifs is 1. The van der Waals surface area contributed by atoms with E-state index in [1.165, 1.54) is 0 Å². The van der Waals surface area contributed by atoms with Crippen LogP contribution in [0.15, 0.2) is 36.7 Å². The van der Waals surface area contributed by atoms with Crippen LogP contribution in [0.2, 0.25) is 5.02 Å². The van der Waals surface area contributed by atoms with Crippen molar-refractivity contribution in [3.8, 4) is 5.75 Å². The Kier molecular flexibility index (Phi) is 3.56. The molecule has 4 nitrogen and oxygen atoms in total. The maximum absolute atomic E-state index is 12.0. The van der Waals surface area contributed by atoms with Crippen LogP contribution in [0.5, 0.6) is 5.75 Å². The Bertz CT molecular complexity index is 644. The van der Waals surface area contributed by atoms with Crippen molar-refractivity contribution in [2.75, 3.05) is 6.61 Å². The lowest BCUT2D eigenvalue weighted by atomic mass is 10.1. The quantitative estimate of drug-likeness (QED) is 0.944. The Balaban J connectivity index is 1.75. The Morgan fingerprint density at radius 2 is 2.15 bits per heavy atom. The highest BCUT2D eigenvalue weighted by molar-refractivity contribution is 6.30. The summed E-state index contributed by atoms with van der Waals surface area (Å²) in [6.45, 7) is 1.06. The molecule has 5 heteroatoms. The number of hydrogen-bond acceptors (Lipinski definition) is 3. The average Bonchev–Trinajstić information content (AvgIpc) is 2.93. The summed E-state index contributed by atoms with van der Waals surface area (Å²) in [5.74, 6) is 0.712. The molecule has 0 saturated carbocycles. The molecule has 20 heavy (non-hydrogen) atoms. The maximum atomic E-state index is 12.0. The lowest BCUT2D eigenvalue weighted by molar-refractivity contribution is 0.0950. The van der Waals surface area contributed by atoms with Gasteiger partial charge in [-0.3, -0.25) is 9.78 Å². The standard InChI is InChI=1S/C15H13ClN2O2/c16-13-7-11-3-6-20-14(11)12(8-13)9-18-15(19)10-1-4-17-5-2-10/h1-2,4-5,7-8H,3,6,9H2,(H,18,19). The number of carbonyl (C=O) groups is 1. The first-order valence-electron chi connectivity index (χ1n) is 6.36. The van der Waals surface area contributed by atoms with E-state index in [0.717, 1.165) is 23.3 Å². The third-order valence-electron chi connectivity index (χ3n) is 3.21. The van der Waals surface area contributed by atoms with Crippen LogP contribution in [0.3, 0.4) is 0 Å². The molecule has 3 rings (SSSR count). The van der Waals surface area contributed by atoms with E-state index in [0.29, 0.717) is 23.7 Å². The van der Waals surface area contributed by atoms with Crippen molar-refractivity contribution in [3.63, 3.8) is 0 Å². The zero-order chi connectivity index (χ0) is 13.9. The molecule has 0 radical (unpaired) electrons. The van der Waals surface area contributed by atoms with Gasteiger partial charge in [0.25, 0.3) is 5.91 Å². The van der Waals surface area contributed by atoms with Crippen LogP contribution in [-0.2, 0) is 13.0 Å². The highest BCUT2D eigenvalue weighted by atomic mass is 35.5. The monoisotopic (exact) mass is 288 g/mol. The predicted molar refractivity (Wildman–Crippen MR) is 76.1 cm³/mol. The fraction of sp³-hybridized carbons (Fsp3) is 0.200. The summed E-state index contributed by atoms with van der Waals surface area (Å²) in [4.78, 5) is 15.9. The first-order valence-corrected chi connectivity index (χ1v) is 6.74. The number of carbonyl (C=O) groups excluding carboxylic acids is 1. The molecule has 0 fully saturated rings. The first kappa shape index (κ1) is 12.9. The largest absolute Gasteiger partial charge is 0.493 e. The van der Waals surface area contributed by atoms with Gasteiger partial charge >= 0.3 is 0 Å². The van der Waals surface area contributed by atoms with Crippen molar-refractivity contribution >= 4 is 17.5 Å². The van der Waals surface area contributed by atoms with Crippen molar-refractivity contribution in [2.24, 2.45) is 0 Å². The summed E-state index contributed by atoms with van der Waals surface area (Å²) in [5.41, 5.74) is 2.60. The molecule has 2 heterocycles. The number of hydrogen-bond donors (Lipinski definition) is 1. The second-order valence-corrected chi connectivity index (χ2v) is 5.01. The normalized spacial score (nSPS) is 12.7. The number of ether oxygens (including phenoxy) is 1. The minimum absolute atomic E-state index is 0.140. The Labute approximate surface area is 121 Å². The smallest absolute Gasteiger partial charge is 0.251 e. The van der Waals surface area contributed by atoms with Crippen molar-refractivity contribution in [1.82, 2.24) is 10.3 Å². The summed E-state index contributed by atoms with van der Waals surface area (Å²) >= 11 is 6.08. The van der Waals surface area contributed by atoms with Gasteiger partial charge in [0.1, 0.15) is 5.75 Å². The molecular formula is C15H13ClN2O2. The van der Waals surface area contributed by atoms with E-state index in [-0.39, 0.29) is 5.91 Å². The number of amides is 1. The van der Waals surface area contributed by atoms with Gasteiger partial charge in [-0.05, 0) is 29.8 Å². The van der Waals surface area contributed by atoms with Crippen molar-refractivity contribution < 1.29 is 9.53 Å². The third-order valence-corrected chi connectivity index (χ3v) is 3.43. The van der Waals surface area contributed by atoms with Crippen LogP contribution in [-0.4, -0.2) is 17.5 Å². The molecule has 0 atom stereocenters. The average molecular weight is 289 g/mol. The number of rotatable bonds is 3. The molecule has 1 amide bonds. The highest BCUT2D eigenvalue weighted by Gasteiger charge is 2.18. The molecule has 1 aromatic heterocycles. The zero-order valence-electron chi connectivity index (χ0n) is 10.7. The second-order valence-electron chi connectivity index (χ2n) is 4.57. The molecule has 0 unspecified atom stereocenters. The number of nitrogens with one attached hydrogen (secondary N) is 1. The summed E-state index contributed by atoms with van der Waals surface area (Å²) in [5, 5.41) is 3.54. The molecule has 1 aromatic carbocycles. The third kappa shape index (κ3) is 2.60. The maximum Gasteiger partial charge on any atom is 0.251 e. The zero-order valence-corrected chi connectivity index (χ0v) is 11.5. The van der Waals surface area contributed by atoms with Crippen LogP contribution in [0.25, 0.3) is 0 Å². The van der Waals surface area contributed by atoms with E-state index >= 15 is 0 Å². The highest BCUT2D eigenvalue weighted by Crippen LogP contribution is 2.32. The summed E-state index contributed by atoms with van der Waals surface area (Å²) in [6, 6.07) is 7.10. The van der Waals surface area contributed by atoms with Gasteiger partial charge in [0.05, 0.1) is 6.61 Å². The summed E-state index contributed by atoms with van der Waals surface area (Å²) in [6.07, 6.45) is 4.05. The topological polar surface area (TPSA) is 51.2 Å². The Morgan fingerprint density at radius 1 is 1.35 bits per heavy atom. The van der Waals surface area contributed by atoms with Gasteiger partial charge in [0, 0.05) is 41.5 Å². The fourth-order valence-electron chi connectivity index (χ4n) is 2.26. The lowest BCUT2D eigenvalue weighted by Crippen LogP contribution is -2.23. The van der Waals surface area contributed by atoms with E-state index in [1.54, 1.807) is 24.5 Å². The van der Waals surface area contributed by atoms with Crippen LogP contribution in [0.1, 0.15) is 21.5 Å². The van der Waals surface area contributed by atoms with Crippen LogP contribution in [0, 0.1) is 0 Å². The lowest BCUT2D eigenvalue weighted by Gasteiger charge is -2.10. The van der Waals surface area contributed by atoms with Gasteiger partial charge in [-0.15, -0.1) is 0 Å². The SMILES string of the molecule is O=C(NCc1cc(Cl)cc2c1OCC2)c1ccncc1. The Hall–Kier alpha value is -2.07. The van der Waals surface area contributed by atoms with Crippen molar-refractivity contribution in [1.29, 1.82) is 0 Å². The van der Waals surface area contributed by atoms with Gasteiger partial charge in [-0.1, -0.05) is 11.6 Å². The van der Waals surface area contributed by atoms with E-state index in [2.05, 4.69) is 10.3 Å². The van der Waals surface area contributed by atoms with Gasteiger partial charge in [-0.25, -0.2) is 0 Å². The molecular weight excluding hydrogens is 276 g/mol. The van der Waals surface area contributed by atoms with E-state index in [4.69, 9.17) is 16.3 Å². The number of nitrogens with zero attached hydrogens (tertiary/aromatic N) is 1. The second kappa shape index (κ2) is 5.51. The minimum atomic E-state index is -0.140. The van der Waals surface area contributed by atoms with Gasteiger partial charge in [0.2, 0.25) is 0 Å². The number of benzene rings is 1. The van der Waals surface area contributed by atoms with Gasteiger partial charge < -0.3 is 10.1 Å². The van der Waals surface area contributed by atoms with Gasteiger partial charge in [0.15, 0.2) is 0 Å². The van der Waals surface area contributed by atoms with Crippen molar-refractivity contribution in [2.45, 2.75) is 13.0 Å². The minimum Gasteiger partial charge on any atom is -0.493 e. The summed E-state index contributed by atoms with van der Waals surface area (Å²) in [7, 11) is 0. The number of pyridine rings is 1. The molecule has 0 bridgehead atoms. The Morgan fingerprint density at radius 3 is 2.95 bits per heavy atom. The van der Waals surface area contributed by atoms with Crippen LogP contribution >= 0.6 is 11.6 Å². The van der Waals surface area contributed by atoms with Gasteiger partial charge in [-0.2, -0.15) is 0 Å². The van der Waals surface area contributed by atoms with Crippen LogP contribution < -0.4 is 10.1 Å².